The third kappa shape index (κ3) is 5.01. The smallest absolute Gasteiger partial charge is 0.213 e. The zero-order valence-corrected chi connectivity index (χ0v) is 12.2. The van der Waals surface area contributed by atoms with Crippen molar-refractivity contribution in [1.29, 1.82) is 0 Å². The zero-order chi connectivity index (χ0) is 13.5. The van der Waals surface area contributed by atoms with Crippen LogP contribution in [0.15, 0.2) is 35.7 Å². The molecule has 0 fully saturated rings. The molecule has 3 nitrogen and oxygen atoms in total. The Morgan fingerprint density at radius 2 is 2.16 bits per heavy atom. The molecule has 2 heterocycles. The first-order valence-electron chi connectivity index (χ1n) is 6.58. The van der Waals surface area contributed by atoms with Gasteiger partial charge in [0.05, 0.1) is 12.3 Å². The minimum absolute atomic E-state index is 0.463. The summed E-state index contributed by atoms with van der Waals surface area (Å²) in [6, 6.07) is 10.6. The van der Waals surface area contributed by atoms with Gasteiger partial charge in [-0.3, -0.25) is 0 Å². The fourth-order valence-corrected chi connectivity index (χ4v) is 2.35. The normalized spacial score (nSPS) is 10.9. The van der Waals surface area contributed by atoms with E-state index in [1.807, 2.05) is 18.2 Å². The lowest BCUT2D eigenvalue weighted by molar-refractivity contribution is 0.309. The van der Waals surface area contributed by atoms with E-state index in [0.29, 0.717) is 18.5 Å². The Balaban J connectivity index is 1.81. The monoisotopic (exact) mass is 276 g/mol. The van der Waals surface area contributed by atoms with Crippen molar-refractivity contribution in [2.75, 3.05) is 6.61 Å². The third-order valence-electron chi connectivity index (χ3n) is 2.65. The van der Waals surface area contributed by atoms with E-state index >= 15 is 0 Å². The van der Waals surface area contributed by atoms with Gasteiger partial charge < -0.3 is 10.1 Å². The molecule has 102 valence electrons. The summed E-state index contributed by atoms with van der Waals surface area (Å²) in [6.45, 7) is 5.71. The van der Waals surface area contributed by atoms with Crippen molar-refractivity contribution in [2.45, 2.75) is 32.9 Å². The van der Waals surface area contributed by atoms with Crippen LogP contribution < -0.4 is 10.1 Å². The zero-order valence-electron chi connectivity index (χ0n) is 11.4. The molecule has 0 spiro atoms. The Bertz CT molecular complexity index is 483. The molecule has 0 radical (unpaired) electrons. The van der Waals surface area contributed by atoms with Crippen LogP contribution >= 0.6 is 11.3 Å². The molecular formula is C15H20N2OS. The Hall–Kier alpha value is -1.39. The lowest BCUT2D eigenvalue weighted by Gasteiger charge is -2.09. The first-order chi connectivity index (χ1) is 9.24. The van der Waals surface area contributed by atoms with E-state index in [-0.39, 0.29) is 0 Å². The maximum atomic E-state index is 5.69. The van der Waals surface area contributed by atoms with Crippen LogP contribution in [0.3, 0.4) is 0 Å². The maximum absolute atomic E-state index is 5.69. The van der Waals surface area contributed by atoms with Crippen molar-refractivity contribution < 1.29 is 4.74 Å². The van der Waals surface area contributed by atoms with E-state index in [9.17, 15) is 0 Å². The van der Waals surface area contributed by atoms with Gasteiger partial charge in [0.1, 0.15) is 0 Å². The standard InChI is InChI=1S/C15H20N2OS/c1-12(2)16-11-13-5-3-7-15(17-13)18-9-8-14-6-4-10-19-14/h3-7,10,12,16H,8-9,11H2,1-2H3. The Labute approximate surface area is 118 Å². The van der Waals surface area contributed by atoms with Crippen LogP contribution in [0.2, 0.25) is 0 Å². The lowest BCUT2D eigenvalue weighted by Crippen LogP contribution is -2.22. The molecule has 0 aromatic carbocycles. The summed E-state index contributed by atoms with van der Waals surface area (Å²) in [5, 5.41) is 5.44. The molecule has 19 heavy (non-hydrogen) atoms. The highest BCUT2D eigenvalue weighted by Crippen LogP contribution is 2.11. The number of aromatic nitrogens is 1. The van der Waals surface area contributed by atoms with E-state index in [4.69, 9.17) is 4.74 Å². The molecule has 0 saturated carbocycles. The van der Waals surface area contributed by atoms with Crippen LogP contribution in [0.25, 0.3) is 0 Å². The topological polar surface area (TPSA) is 34.1 Å². The molecular weight excluding hydrogens is 256 g/mol. The molecule has 0 aliphatic carbocycles. The van der Waals surface area contributed by atoms with E-state index < -0.39 is 0 Å². The van der Waals surface area contributed by atoms with Gasteiger partial charge in [-0.25, -0.2) is 4.98 Å². The molecule has 0 atom stereocenters. The molecule has 0 aliphatic heterocycles. The summed E-state index contributed by atoms with van der Waals surface area (Å²) in [4.78, 5) is 5.83. The van der Waals surface area contributed by atoms with E-state index in [0.717, 1.165) is 18.7 Å². The number of hydrogen-bond donors (Lipinski definition) is 1. The van der Waals surface area contributed by atoms with E-state index in [1.54, 1.807) is 11.3 Å². The molecule has 2 aromatic rings. The molecule has 0 amide bonds. The molecule has 4 heteroatoms. The van der Waals surface area contributed by atoms with Gasteiger partial charge in [-0.05, 0) is 17.5 Å². The van der Waals surface area contributed by atoms with Gasteiger partial charge in [-0.2, -0.15) is 0 Å². The summed E-state index contributed by atoms with van der Waals surface area (Å²) >= 11 is 1.76. The predicted octanol–water partition coefficient (Wildman–Crippen LogP) is 3.26. The minimum Gasteiger partial charge on any atom is -0.477 e. The second kappa shape index (κ2) is 7.26. The largest absolute Gasteiger partial charge is 0.477 e. The first-order valence-corrected chi connectivity index (χ1v) is 7.46. The van der Waals surface area contributed by atoms with Crippen LogP contribution in [-0.4, -0.2) is 17.6 Å². The second-order valence-corrected chi connectivity index (χ2v) is 5.71. The number of nitrogens with one attached hydrogen (secondary N) is 1. The fraction of sp³-hybridized carbons (Fsp3) is 0.400. The number of thiophene rings is 1. The third-order valence-corrected chi connectivity index (χ3v) is 3.59. The second-order valence-electron chi connectivity index (χ2n) is 4.68. The van der Waals surface area contributed by atoms with Crippen LogP contribution in [-0.2, 0) is 13.0 Å². The van der Waals surface area contributed by atoms with Crippen molar-refractivity contribution >= 4 is 11.3 Å². The van der Waals surface area contributed by atoms with E-state index in [1.165, 1.54) is 4.88 Å². The molecule has 2 aromatic heterocycles. The Morgan fingerprint density at radius 1 is 1.26 bits per heavy atom. The first kappa shape index (κ1) is 14.0. The van der Waals surface area contributed by atoms with Gasteiger partial charge in [-0.1, -0.05) is 26.0 Å². The van der Waals surface area contributed by atoms with Crippen molar-refractivity contribution in [3.8, 4) is 5.88 Å². The highest BCUT2D eigenvalue weighted by molar-refractivity contribution is 7.09. The highest BCUT2D eigenvalue weighted by atomic mass is 32.1. The maximum Gasteiger partial charge on any atom is 0.213 e. The van der Waals surface area contributed by atoms with Gasteiger partial charge in [0.2, 0.25) is 5.88 Å². The van der Waals surface area contributed by atoms with Crippen LogP contribution in [0.5, 0.6) is 5.88 Å². The number of nitrogens with zero attached hydrogens (tertiary/aromatic N) is 1. The minimum atomic E-state index is 0.463. The van der Waals surface area contributed by atoms with Gasteiger partial charge in [0.25, 0.3) is 0 Å². The van der Waals surface area contributed by atoms with Crippen molar-refractivity contribution in [3.05, 3.63) is 46.3 Å². The van der Waals surface area contributed by atoms with Crippen LogP contribution in [0.1, 0.15) is 24.4 Å². The lowest BCUT2D eigenvalue weighted by atomic mass is 10.3. The van der Waals surface area contributed by atoms with Gasteiger partial charge >= 0.3 is 0 Å². The quantitative estimate of drug-likeness (QED) is 0.843. The number of rotatable bonds is 7. The van der Waals surface area contributed by atoms with Crippen LogP contribution in [0.4, 0.5) is 0 Å². The van der Waals surface area contributed by atoms with E-state index in [2.05, 4.69) is 41.7 Å². The Kier molecular flexibility index (Phi) is 5.36. The highest BCUT2D eigenvalue weighted by Gasteiger charge is 2.01. The van der Waals surface area contributed by atoms with Crippen molar-refractivity contribution in [2.24, 2.45) is 0 Å². The van der Waals surface area contributed by atoms with Gasteiger partial charge in [-0.15, -0.1) is 11.3 Å². The van der Waals surface area contributed by atoms with Gasteiger partial charge in [0, 0.05) is 30.0 Å². The molecule has 0 aliphatic rings. The summed E-state index contributed by atoms with van der Waals surface area (Å²) in [5.41, 5.74) is 1.02. The van der Waals surface area contributed by atoms with Crippen molar-refractivity contribution in [3.63, 3.8) is 0 Å². The van der Waals surface area contributed by atoms with Gasteiger partial charge in [0.15, 0.2) is 0 Å². The SMILES string of the molecule is CC(C)NCc1cccc(OCCc2cccs2)n1. The predicted molar refractivity (Wildman–Crippen MR) is 79.7 cm³/mol. The molecule has 0 unspecified atom stereocenters. The number of hydrogen-bond acceptors (Lipinski definition) is 4. The summed E-state index contributed by atoms with van der Waals surface area (Å²) < 4.78 is 5.69. The number of pyridine rings is 1. The summed E-state index contributed by atoms with van der Waals surface area (Å²) in [5.74, 6) is 0.708. The summed E-state index contributed by atoms with van der Waals surface area (Å²) in [6.07, 6.45) is 0.938. The number of ether oxygens (including phenoxy) is 1. The average molecular weight is 276 g/mol. The fourth-order valence-electron chi connectivity index (χ4n) is 1.66. The molecule has 2 rings (SSSR count). The summed E-state index contributed by atoms with van der Waals surface area (Å²) in [7, 11) is 0. The molecule has 0 bridgehead atoms. The average Bonchev–Trinajstić information content (AvgIpc) is 2.90. The van der Waals surface area contributed by atoms with Crippen molar-refractivity contribution in [1.82, 2.24) is 10.3 Å². The Morgan fingerprint density at radius 3 is 2.89 bits per heavy atom. The molecule has 1 N–H and O–H groups in total. The molecule has 0 saturated heterocycles. The van der Waals surface area contributed by atoms with Crippen LogP contribution in [0, 0.1) is 0 Å².